The summed E-state index contributed by atoms with van der Waals surface area (Å²) in [7, 11) is 0. The number of nitro groups is 1. The fourth-order valence-corrected chi connectivity index (χ4v) is 2.46. The first-order valence-electron chi connectivity index (χ1n) is 7.40. The van der Waals surface area contributed by atoms with Gasteiger partial charge in [0.05, 0.1) is 11.0 Å². The van der Waals surface area contributed by atoms with Crippen LogP contribution < -0.4 is 10.6 Å². The van der Waals surface area contributed by atoms with E-state index >= 15 is 0 Å². The summed E-state index contributed by atoms with van der Waals surface area (Å²) in [5, 5.41) is 16.9. The lowest BCUT2D eigenvalue weighted by molar-refractivity contribution is -0.385. The zero-order valence-electron chi connectivity index (χ0n) is 12.6. The average molecular weight is 307 g/mol. The number of hydrogen-bond acceptors (Lipinski definition) is 5. The van der Waals surface area contributed by atoms with Crippen molar-refractivity contribution in [1.82, 2.24) is 10.6 Å². The number of piperidine rings is 1. The molecule has 0 radical (unpaired) electrons. The van der Waals surface area contributed by atoms with Crippen molar-refractivity contribution in [3.8, 4) is 0 Å². The zero-order valence-corrected chi connectivity index (χ0v) is 12.6. The van der Waals surface area contributed by atoms with Crippen LogP contribution in [0, 0.1) is 17.0 Å². The molecule has 2 rings (SSSR count). The number of ether oxygens (including phenoxy) is 1. The van der Waals surface area contributed by atoms with Gasteiger partial charge in [-0.1, -0.05) is 12.1 Å². The molecule has 1 amide bonds. The van der Waals surface area contributed by atoms with Crippen LogP contribution in [0.5, 0.6) is 0 Å². The first-order valence-corrected chi connectivity index (χ1v) is 7.40. The molecule has 1 aromatic rings. The van der Waals surface area contributed by atoms with E-state index in [1.807, 2.05) is 0 Å². The molecule has 0 aromatic heterocycles. The van der Waals surface area contributed by atoms with Gasteiger partial charge >= 0.3 is 0 Å². The molecule has 1 aliphatic heterocycles. The maximum Gasteiger partial charge on any atom is 0.272 e. The Bertz CT molecular complexity index is 542. The molecular weight excluding hydrogens is 286 g/mol. The summed E-state index contributed by atoms with van der Waals surface area (Å²) in [4.78, 5) is 22.3. The van der Waals surface area contributed by atoms with Crippen LogP contribution in [0.3, 0.4) is 0 Å². The topological polar surface area (TPSA) is 93.5 Å². The van der Waals surface area contributed by atoms with Gasteiger partial charge in [0.25, 0.3) is 5.69 Å². The number of hydrogen-bond donors (Lipinski definition) is 2. The van der Waals surface area contributed by atoms with E-state index in [1.165, 1.54) is 6.07 Å². The Kier molecular flexibility index (Phi) is 5.85. The lowest BCUT2D eigenvalue weighted by atomic mass is 10.1. The first kappa shape index (κ1) is 16.4. The molecule has 0 unspecified atom stereocenters. The molecule has 22 heavy (non-hydrogen) atoms. The molecule has 0 aliphatic carbocycles. The summed E-state index contributed by atoms with van der Waals surface area (Å²) in [6.07, 6.45) is 1.96. The van der Waals surface area contributed by atoms with Crippen LogP contribution in [0.25, 0.3) is 0 Å². The minimum Gasteiger partial charge on any atom is -0.368 e. The Morgan fingerprint density at radius 2 is 2.18 bits per heavy atom. The van der Waals surface area contributed by atoms with Gasteiger partial charge in [-0.05, 0) is 38.4 Å². The minimum absolute atomic E-state index is 0.0264. The predicted molar refractivity (Wildman–Crippen MR) is 81.5 cm³/mol. The summed E-state index contributed by atoms with van der Waals surface area (Å²) in [5.74, 6) is -0.204. The number of nitrogens with one attached hydrogen (secondary N) is 2. The van der Waals surface area contributed by atoms with Gasteiger partial charge in [0, 0.05) is 18.2 Å². The lowest BCUT2D eigenvalue weighted by Crippen LogP contribution is -2.35. The standard InChI is InChI=1S/C15H21N3O4/c1-11-12(3-2-4-14(11)18(20)21)9-17-15(19)10-22-13-5-7-16-8-6-13/h2-4,13,16H,5-10H2,1H3,(H,17,19). The number of rotatable bonds is 6. The van der Waals surface area contributed by atoms with Gasteiger partial charge in [0.15, 0.2) is 0 Å². The van der Waals surface area contributed by atoms with Crippen molar-refractivity contribution in [2.24, 2.45) is 0 Å². The molecule has 0 spiro atoms. The molecule has 1 aromatic carbocycles. The van der Waals surface area contributed by atoms with E-state index < -0.39 is 4.92 Å². The Hall–Kier alpha value is -1.99. The number of carbonyl (C=O) groups is 1. The van der Waals surface area contributed by atoms with E-state index in [2.05, 4.69) is 10.6 Å². The quantitative estimate of drug-likeness (QED) is 0.610. The molecule has 0 atom stereocenters. The Labute approximate surface area is 129 Å². The highest BCUT2D eigenvalue weighted by atomic mass is 16.6. The molecular formula is C15H21N3O4. The van der Waals surface area contributed by atoms with Crippen molar-refractivity contribution in [3.63, 3.8) is 0 Å². The van der Waals surface area contributed by atoms with Crippen molar-refractivity contribution in [3.05, 3.63) is 39.4 Å². The summed E-state index contributed by atoms with van der Waals surface area (Å²) in [6, 6.07) is 4.86. The molecule has 7 heteroatoms. The van der Waals surface area contributed by atoms with E-state index in [-0.39, 0.29) is 30.9 Å². The summed E-state index contributed by atoms with van der Waals surface area (Å²) in [5.41, 5.74) is 1.38. The van der Waals surface area contributed by atoms with Crippen molar-refractivity contribution in [1.29, 1.82) is 0 Å². The fourth-order valence-electron chi connectivity index (χ4n) is 2.46. The monoisotopic (exact) mass is 307 g/mol. The van der Waals surface area contributed by atoms with Crippen LogP contribution in [0.1, 0.15) is 24.0 Å². The third kappa shape index (κ3) is 4.51. The maximum atomic E-state index is 11.8. The molecule has 1 heterocycles. The second-order valence-corrected chi connectivity index (χ2v) is 5.36. The number of carbonyl (C=O) groups excluding carboxylic acids is 1. The second-order valence-electron chi connectivity index (χ2n) is 5.36. The van der Waals surface area contributed by atoms with E-state index in [1.54, 1.807) is 19.1 Å². The smallest absolute Gasteiger partial charge is 0.272 e. The van der Waals surface area contributed by atoms with Crippen LogP contribution in [-0.2, 0) is 16.1 Å². The van der Waals surface area contributed by atoms with Crippen LogP contribution in [0.2, 0.25) is 0 Å². The highest BCUT2D eigenvalue weighted by molar-refractivity contribution is 5.77. The SMILES string of the molecule is Cc1c(CNC(=O)COC2CCNCC2)cccc1[N+](=O)[O-]. The first-order chi connectivity index (χ1) is 10.6. The molecule has 1 fully saturated rings. The van der Waals surface area contributed by atoms with Crippen LogP contribution in [0.4, 0.5) is 5.69 Å². The molecule has 0 saturated carbocycles. The fraction of sp³-hybridized carbons (Fsp3) is 0.533. The third-order valence-electron chi connectivity index (χ3n) is 3.83. The van der Waals surface area contributed by atoms with Gasteiger partial charge < -0.3 is 15.4 Å². The minimum atomic E-state index is -0.416. The molecule has 120 valence electrons. The van der Waals surface area contributed by atoms with Crippen molar-refractivity contribution in [2.45, 2.75) is 32.4 Å². The molecule has 2 N–H and O–H groups in total. The summed E-state index contributed by atoms with van der Waals surface area (Å²) in [6.45, 7) is 3.81. The van der Waals surface area contributed by atoms with Crippen LogP contribution >= 0.6 is 0 Å². The number of nitro benzene ring substituents is 1. The van der Waals surface area contributed by atoms with Gasteiger partial charge in [-0.2, -0.15) is 0 Å². The zero-order chi connectivity index (χ0) is 15.9. The predicted octanol–water partition coefficient (Wildman–Crippen LogP) is 1.29. The van der Waals surface area contributed by atoms with E-state index in [0.29, 0.717) is 5.56 Å². The highest BCUT2D eigenvalue weighted by Crippen LogP contribution is 2.20. The van der Waals surface area contributed by atoms with Crippen LogP contribution in [0.15, 0.2) is 18.2 Å². The van der Waals surface area contributed by atoms with Gasteiger partial charge in [-0.3, -0.25) is 14.9 Å². The van der Waals surface area contributed by atoms with E-state index in [4.69, 9.17) is 4.74 Å². The third-order valence-corrected chi connectivity index (χ3v) is 3.83. The largest absolute Gasteiger partial charge is 0.368 e. The van der Waals surface area contributed by atoms with E-state index in [9.17, 15) is 14.9 Å². The number of nitrogens with zero attached hydrogens (tertiary/aromatic N) is 1. The summed E-state index contributed by atoms with van der Waals surface area (Å²) >= 11 is 0. The maximum absolute atomic E-state index is 11.8. The van der Waals surface area contributed by atoms with E-state index in [0.717, 1.165) is 31.5 Å². The Morgan fingerprint density at radius 3 is 2.86 bits per heavy atom. The van der Waals surface area contributed by atoms with Crippen LogP contribution in [-0.4, -0.2) is 36.6 Å². The Balaban J connectivity index is 1.81. The van der Waals surface area contributed by atoms with Crippen molar-refractivity contribution >= 4 is 11.6 Å². The van der Waals surface area contributed by atoms with Crippen molar-refractivity contribution in [2.75, 3.05) is 19.7 Å². The summed E-state index contributed by atoms with van der Waals surface area (Å²) < 4.78 is 5.57. The molecule has 1 saturated heterocycles. The van der Waals surface area contributed by atoms with Crippen molar-refractivity contribution < 1.29 is 14.5 Å². The normalized spacial score (nSPS) is 15.5. The average Bonchev–Trinajstić information content (AvgIpc) is 2.52. The number of amides is 1. The molecule has 1 aliphatic rings. The van der Waals surface area contributed by atoms with Gasteiger partial charge in [-0.25, -0.2) is 0 Å². The second kappa shape index (κ2) is 7.86. The van der Waals surface area contributed by atoms with Gasteiger partial charge in [-0.15, -0.1) is 0 Å². The van der Waals surface area contributed by atoms with Gasteiger partial charge in [0.1, 0.15) is 6.61 Å². The van der Waals surface area contributed by atoms with Gasteiger partial charge in [0.2, 0.25) is 5.91 Å². The molecule has 7 nitrogen and oxygen atoms in total. The molecule has 0 bridgehead atoms. The number of benzene rings is 1. The Morgan fingerprint density at radius 1 is 1.45 bits per heavy atom. The highest BCUT2D eigenvalue weighted by Gasteiger charge is 2.16. The lowest BCUT2D eigenvalue weighted by Gasteiger charge is -2.22.